The van der Waals surface area contributed by atoms with Gasteiger partial charge >= 0.3 is 0 Å². The molecule has 1 heterocycles. The van der Waals surface area contributed by atoms with E-state index in [0.29, 0.717) is 31.0 Å². The monoisotopic (exact) mass is 410 g/mol. The van der Waals surface area contributed by atoms with Gasteiger partial charge in [0.25, 0.3) is 0 Å². The number of hydrogen-bond acceptors (Lipinski definition) is 3. The Morgan fingerprint density at radius 2 is 1.97 bits per heavy atom. The highest BCUT2D eigenvalue weighted by molar-refractivity contribution is 5.86. The normalized spacial score (nSPS) is 19.4. The number of hydrogen-bond donors (Lipinski definition) is 2. The maximum atomic E-state index is 12.1. The van der Waals surface area contributed by atoms with Crippen LogP contribution in [-0.2, 0) is 17.9 Å². The van der Waals surface area contributed by atoms with Crippen molar-refractivity contribution >= 4 is 11.9 Å². The molecule has 1 saturated carbocycles. The second-order valence-corrected chi connectivity index (χ2v) is 8.29. The van der Waals surface area contributed by atoms with Crippen molar-refractivity contribution in [1.29, 1.82) is 0 Å². The van der Waals surface area contributed by atoms with Crippen LogP contribution >= 0.6 is 0 Å². The van der Waals surface area contributed by atoms with Gasteiger partial charge in [-0.05, 0) is 36.0 Å². The lowest BCUT2D eigenvalue weighted by Crippen LogP contribution is -2.49. The molecule has 0 spiro atoms. The zero-order valence-electron chi connectivity index (χ0n) is 18.3. The highest BCUT2D eigenvalue weighted by Gasteiger charge is 2.22. The molecule has 1 aliphatic carbocycles. The summed E-state index contributed by atoms with van der Waals surface area (Å²) in [5.41, 5.74) is 2.35. The molecule has 1 amide bonds. The number of likely N-dealkylation sites (N-methyl/N-ethyl adjacent to an activating group) is 1. The molecule has 30 heavy (non-hydrogen) atoms. The molecular weight excluding hydrogens is 376 g/mol. The van der Waals surface area contributed by atoms with Crippen LogP contribution < -0.4 is 10.6 Å². The standard InChI is InChI=1S/C23H34N6O/c1-18-9-4-7-12-21(18)27-23(25-16-22(30)28(2)3)24-15-19-10-5-6-11-20(19)17-29-14-8-13-26-29/h5-6,8,10-11,13-14,18,21H,4,7,9,12,15-17H2,1-3H3,(H2,24,25,27). The molecule has 1 aliphatic rings. The van der Waals surface area contributed by atoms with Gasteiger partial charge in [-0.1, -0.05) is 44.0 Å². The molecule has 162 valence electrons. The summed E-state index contributed by atoms with van der Waals surface area (Å²) in [5, 5.41) is 11.1. The Hall–Kier alpha value is -2.83. The predicted octanol–water partition coefficient (Wildman–Crippen LogP) is 2.63. The Bertz CT molecular complexity index is 830. The smallest absolute Gasteiger partial charge is 0.241 e. The number of benzene rings is 1. The van der Waals surface area contributed by atoms with Crippen LogP contribution in [0.15, 0.2) is 47.7 Å². The molecule has 7 nitrogen and oxygen atoms in total. The van der Waals surface area contributed by atoms with Crippen molar-refractivity contribution in [2.24, 2.45) is 10.9 Å². The molecule has 2 unspecified atom stereocenters. The average Bonchev–Trinajstić information content (AvgIpc) is 3.25. The van der Waals surface area contributed by atoms with Crippen molar-refractivity contribution in [1.82, 2.24) is 25.3 Å². The lowest BCUT2D eigenvalue weighted by atomic mass is 9.86. The van der Waals surface area contributed by atoms with Gasteiger partial charge < -0.3 is 15.5 Å². The van der Waals surface area contributed by atoms with E-state index in [1.54, 1.807) is 25.2 Å². The van der Waals surface area contributed by atoms with E-state index in [4.69, 9.17) is 4.99 Å². The van der Waals surface area contributed by atoms with Crippen LogP contribution in [0.5, 0.6) is 0 Å². The number of aromatic nitrogens is 2. The number of carbonyl (C=O) groups excluding carboxylic acids is 1. The van der Waals surface area contributed by atoms with E-state index in [2.05, 4.69) is 34.8 Å². The van der Waals surface area contributed by atoms with Crippen LogP contribution in [-0.4, -0.2) is 53.2 Å². The SMILES string of the molecule is CC1CCCCC1NC(=NCc1ccccc1Cn1cccn1)NCC(=O)N(C)C. The lowest BCUT2D eigenvalue weighted by Gasteiger charge is -2.31. The largest absolute Gasteiger partial charge is 0.353 e. The summed E-state index contributed by atoms with van der Waals surface area (Å²) >= 11 is 0. The zero-order valence-corrected chi connectivity index (χ0v) is 18.3. The van der Waals surface area contributed by atoms with Crippen molar-refractivity contribution in [2.75, 3.05) is 20.6 Å². The molecule has 0 radical (unpaired) electrons. The van der Waals surface area contributed by atoms with Crippen LogP contribution in [0.25, 0.3) is 0 Å². The molecule has 3 rings (SSSR count). The van der Waals surface area contributed by atoms with E-state index in [0.717, 1.165) is 12.0 Å². The van der Waals surface area contributed by atoms with Crippen molar-refractivity contribution < 1.29 is 4.79 Å². The highest BCUT2D eigenvalue weighted by atomic mass is 16.2. The number of guanidine groups is 1. The second-order valence-electron chi connectivity index (χ2n) is 8.29. The lowest BCUT2D eigenvalue weighted by molar-refractivity contribution is -0.127. The fourth-order valence-electron chi connectivity index (χ4n) is 3.78. The maximum absolute atomic E-state index is 12.1. The molecule has 7 heteroatoms. The molecule has 2 atom stereocenters. The van der Waals surface area contributed by atoms with Crippen LogP contribution in [0.3, 0.4) is 0 Å². The van der Waals surface area contributed by atoms with Crippen molar-refractivity contribution in [3.8, 4) is 0 Å². The van der Waals surface area contributed by atoms with Crippen molar-refractivity contribution in [2.45, 2.75) is 51.7 Å². The molecule has 0 aliphatic heterocycles. The van der Waals surface area contributed by atoms with E-state index in [1.165, 1.54) is 24.8 Å². The highest BCUT2D eigenvalue weighted by Crippen LogP contribution is 2.23. The van der Waals surface area contributed by atoms with Crippen LogP contribution in [0.2, 0.25) is 0 Å². The maximum Gasteiger partial charge on any atom is 0.241 e. The number of nitrogens with one attached hydrogen (secondary N) is 2. The van der Waals surface area contributed by atoms with Gasteiger partial charge in [-0.25, -0.2) is 4.99 Å². The van der Waals surface area contributed by atoms with Gasteiger partial charge in [-0.15, -0.1) is 0 Å². The zero-order chi connectivity index (χ0) is 21.3. The first-order chi connectivity index (χ1) is 14.5. The molecule has 0 saturated heterocycles. The van der Waals surface area contributed by atoms with Gasteiger partial charge in [0, 0.05) is 32.5 Å². The summed E-state index contributed by atoms with van der Waals surface area (Å²) in [7, 11) is 3.53. The van der Waals surface area contributed by atoms with Gasteiger partial charge in [0.05, 0.1) is 19.6 Å². The topological polar surface area (TPSA) is 74.5 Å². The van der Waals surface area contributed by atoms with Gasteiger partial charge in [0.15, 0.2) is 5.96 Å². The summed E-state index contributed by atoms with van der Waals surface area (Å²) in [4.78, 5) is 18.5. The summed E-state index contributed by atoms with van der Waals surface area (Å²) in [5.74, 6) is 1.33. The Morgan fingerprint density at radius 3 is 2.67 bits per heavy atom. The Labute approximate surface area is 179 Å². The number of carbonyl (C=O) groups is 1. The van der Waals surface area contributed by atoms with Crippen molar-refractivity contribution in [3.63, 3.8) is 0 Å². The summed E-state index contributed by atoms with van der Waals surface area (Å²) in [6.45, 7) is 3.78. The third kappa shape index (κ3) is 6.34. The third-order valence-electron chi connectivity index (χ3n) is 5.76. The Balaban J connectivity index is 1.72. The van der Waals surface area contributed by atoms with Gasteiger partial charge in [-0.2, -0.15) is 5.10 Å². The number of rotatable bonds is 7. The summed E-state index contributed by atoms with van der Waals surface area (Å²) < 4.78 is 1.92. The number of aliphatic imine (C=N–C) groups is 1. The molecule has 2 N–H and O–H groups in total. The second kappa shape index (κ2) is 10.8. The Kier molecular flexibility index (Phi) is 7.88. The van der Waals surface area contributed by atoms with Crippen LogP contribution in [0, 0.1) is 5.92 Å². The molecule has 1 aromatic heterocycles. The number of nitrogens with zero attached hydrogens (tertiary/aromatic N) is 4. The van der Waals surface area contributed by atoms with Crippen LogP contribution in [0.4, 0.5) is 0 Å². The van der Waals surface area contributed by atoms with Gasteiger partial charge in [0.1, 0.15) is 0 Å². The fourth-order valence-corrected chi connectivity index (χ4v) is 3.78. The minimum absolute atomic E-state index is 0.0280. The first-order valence-corrected chi connectivity index (χ1v) is 10.8. The molecule has 1 aromatic carbocycles. The fraction of sp³-hybridized carbons (Fsp3) is 0.522. The van der Waals surface area contributed by atoms with E-state index in [1.807, 2.05) is 29.1 Å². The number of amides is 1. The minimum atomic E-state index is 0.0280. The average molecular weight is 411 g/mol. The molecule has 1 fully saturated rings. The molecular formula is C23H34N6O. The first kappa shape index (κ1) is 21.9. The minimum Gasteiger partial charge on any atom is -0.353 e. The van der Waals surface area contributed by atoms with E-state index < -0.39 is 0 Å². The van der Waals surface area contributed by atoms with E-state index in [9.17, 15) is 4.79 Å². The summed E-state index contributed by atoms with van der Waals surface area (Å²) in [6, 6.07) is 10.6. The third-order valence-corrected chi connectivity index (χ3v) is 5.76. The summed E-state index contributed by atoms with van der Waals surface area (Å²) in [6.07, 6.45) is 8.65. The van der Waals surface area contributed by atoms with Crippen LogP contribution in [0.1, 0.15) is 43.7 Å². The Morgan fingerprint density at radius 1 is 1.20 bits per heavy atom. The quantitative estimate of drug-likeness (QED) is 0.544. The molecule has 2 aromatic rings. The first-order valence-electron chi connectivity index (χ1n) is 10.8. The van der Waals surface area contributed by atoms with Gasteiger partial charge in [-0.3, -0.25) is 9.48 Å². The molecule has 0 bridgehead atoms. The van der Waals surface area contributed by atoms with Gasteiger partial charge in [0.2, 0.25) is 5.91 Å². The van der Waals surface area contributed by atoms with E-state index in [-0.39, 0.29) is 12.5 Å². The predicted molar refractivity (Wildman–Crippen MR) is 120 cm³/mol. The van der Waals surface area contributed by atoms with Crippen molar-refractivity contribution in [3.05, 3.63) is 53.9 Å². The van der Waals surface area contributed by atoms with E-state index >= 15 is 0 Å².